The molecule has 130 heavy (non-hydrogen) atoms. The molecule has 8 aliphatic rings. The molecule has 4 fully saturated rings. The lowest BCUT2D eigenvalue weighted by Crippen LogP contribution is -2.47. The average Bonchev–Trinajstić information content (AvgIpc) is 1.52. The number of halogens is 4. The van der Waals surface area contributed by atoms with Gasteiger partial charge in [0.2, 0.25) is 0 Å². The van der Waals surface area contributed by atoms with Gasteiger partial charge >= 0.3 is 0 Å². The smallest absolute Gasteiger partial charge is 0.255 e. The highest BCUT2D eigenvalue weighted by Crippen LogP contribution is 2.39. The lowest BCUT2D eigenvalue weighted by molar-refractivity contribution is -0.0207. The van der Waals surface area contributed by atoms with Gasteiger partial charge in [-0.2, -0.15) is 41.4 Å². The maximum Gasteiger partial charge on any atom is 0.255 e. The molecule has 8 aromatic heterocycles. The van der Waals surface area contributed by atoms with E-state index in [1.165, 1.54) is 94.4 Å². The first kappa shape index (κ1) is 78.6. The van der Waals surface area contributed by atoms with Crippen molar-refractivity contribution < 1.29 is 70.1 Å². The summed E-state index contributed by atoms with van der Waals surface area (Å²) >= 11 is 0. The first-order chi connectivity index (χ1) is 65.1. The molecule has 652 valence electrons. The molecule has 16 heterocycles. The second-order valence-corrected chi connectivity index (χ2v) is 31.0. The first-order valence-corrected chi connectivity index (χ1v) is 40.5. The molecule has 1 unspecified atom stereocenters. The topological polar surface area (TPSA) is 446 Å². The molecule has 4 aromatic carbocycles. The van der Waals surface area contributed by atoms with Gasteiger partial charge in [0.15, 0.2) is 23.3 Å². The normalized spacial score (nSPS) is 21.5. The number of hydrogen-bond acceptors (Lipinski definition) is 25. The summed E-state index contributed by atoms with van der Waals surface area (Å²) in [6.07, 6.45) is 2.56. The summed E-state index contributed by atoms with van der Waals surface area (Å²) in [6, 6.07) is 36.3. The van der Waals surface area contributed by atoms with Crippen molar-refractivity contribution in [2.24, 2.45) is 0 Å². The zero-order valence-electron chi connectivity index (χ0n) is 74.7. The number of aliphatic hydroxyl groups excluding tert-OH is 3. The van der Waals surface area contributed by atoms with Crippen molar-refractivity contribution >= 4 is 46.9 Å². The van der Waals surface area contributed by atoms with Crippen molar-refractivity contribution in [3.63, 3.8) is 0 Å². The molecule has 8 N–H and O–H groups in total. The number of anilines is 4. The highest BCUT2D eigenvalue weighted by Gasteiger charge is 2.40. The Bertz CT molecular complexity index is 6960. The van der Waals surface area contributed by atoms with E-state index in [9.17, 15) is 78.2 Å². The summed E-state index contributed by atoms with van der Waals surface area (Å²) in [5.74, 6) is -2.35. The summed E-state index contributed by atoms with van der Waals surface area (Å²) in [7, 11) is 1.56. The van der Waals surface area contributed by atoms with Crippen LogP contribution < -0.4 is 40.9 Å². The van der Waals surface area contributed by atoms with Gasteiger partial charge in [-0.25, -0.2) is 69.4 Å². The van der Waals surface area contributed by atoms with E-state index in [-0.39, 0.29) is 153 Å². The Hall–Kier alpha value is -16.1. The van der Waals surface area contributed by atoms with Gasteiger partial charge in [0, 0.05) is 114 Å². The number of hydrogen-bond donors (Lipinski definition) is 8. The second-order valence-electron chi connectivity index (χ2n) is 31.0. The molecule has 0 radical (unpaired) electrons. The molecule has 20 rings (SSSR count). The molecule has 0 saturated carbocycles. The minimum Gasteiger partial charge on any atom is -0.390 e. The number of β-amino-alcohol motifs (C(OH)–C–C–N with tert-alkyl or cyclic N) is 3. The standard InChI is InChI=1S/2C23H18FN7O2.C23H21FN6O3.C22H19FN6O2/c2*1-26-15-5-7-30(12-19(15)32)20-6-8-31(29-20)18-9-16(28-17-11-27-23(33)22(17)18)21-13(10-25)3-2-4-14(21)24;1-33-19-12-29(7-5-18(19)31)20-6-8-30(28-20)17-9-15(27-16-11-26-23(32)22(16)17)21-13(10-25)3-2-4-14(21)24;1-22(31)6-8-28(12-22)18-5-7-29(27-18)17-9-15(26-16-11-25-21(30)20(16)17)19-13(10-24)3-2-4-14(19)23/h2*2-4,6,8-9,15,19,32H,5,7,11-12H2,(H,27,33);2-4,6,8-9,18-19,31H,5,7,11-12H2,1H3,(H,26,32);2-5,7,9,31H,6,8,11-12H2,1H3,(H,25,30)/t2*15-,19-;18-,19-;/m101./s1/i;;;6D2,8D2,12D2. The fraction of sp³-hybridized carbons (Fsp3) is 0.275. The number of piperidine rings is 3. The number of nitrogens with zero attached hydrogens (tertiary/aromatic N) is 22. The highest BCUT2D eigenvalue weighted by molar-refractivity contribution is 6.04. The van der Waals surface area contributed by atoms with Crippen LogP contribution in [0.15, 0.2) is 146 Å². The molecule has 12 aromatic rings. The average molecular weight is 1760 g/mol. The fourth-order valence-corrected chi connectivity index (χ4v) is 16.5. The van der Waals surface area contributed by atoms with Crippen molar-refractivity contribution in [2.75, 3.05) is 79.0 Å². The first-order valence-electron chi connectivity index (χ1n) is 43.5. The van der Waals surface area contributed by atoms with Crippen LogP contribution in [-0.2, 0) is 30.9 Å². The van der Waals surface area contributed by atoms with Crippen LogP contribution in [0.2, 0.25) is 0 Å². The molecule has 0 aliphatic carbocycles. The number of ether oxygens (including phenoxy) is 1. The maximum absolute atomic E-state index is 14.8. The number of carbonyl (C=O) groups excluding carboxylic acids is 4. The summed E-state index contributed by atoms with van der Waals surface area (Å²) in [6.45, 7) is 12.7. The summed E-state index contributed by atoms with van der Waals surface area (Å²) in [5.41, 5.74) is 2.78. The largest absolute Gasteiger partial charge is 0.390 e. The molecule has 0 bridgehead atoms. The number of nitrogens with one attached hydrogen (secondary N) is 4. The molecule has 4 amide bonds. The van der Waals surface area contributed by atoms with Crippen molar-refractivity contribution in [1.29, 1.82) is 21.0 Å². The number of nitriles is 4. The van der Waals surface area contributed by atoms with E-state index in [4.69, 9.17) is 26.1 Å². The number of rotatable bonds is 13. The Morgan fingerprint density at radius 3 is 1.01 bits per heavy atom. The van der Waals surface area contributed by atoms with Crippen LogP contribution in [0.5, 0.6) is 0 Å². The molecule has 0 spiro atoms. The summed E-state index contributed by atoms with van der Waals surface area (Å²) in [5, 5.41) is 108. The lowest BCUT2D eigenvalue weighted by atomic mass is 10.0. The van der Waals surface area contributed by atoms with E-state index >= 15 is 0 Å². The molecule has 35 nitrogen and oxygen atoms in total. The van der Waals surface area contributed by atoms with E-state index in [2.05, 4.69) is 71.3 Å². The van der Waals surface area contributed by atoms with Gasteiger partial charge in [-0.15, -0.1) is 0 Å². The minimum atomic E-state index is -3.03. The van der Waals surface area contributed by atoms with E-state index in [0.29, 0.717) is 119 Å². The second kappa shape index (κ2) is 35.7. The summed E-state index contributed by atoms with van der Waals surface area (Å²) < 4.78 is 119. The monoisotopic (exact) mass is 1760 g/mol. The molecule has 7 atom stereocenters. The van der Waals surface area contributed by atoms with Gasteiger partial charge in [-0.1, -0.05) is 24.3 Å². The van der Waals surface area contributed by atoms with Gasteiger partial charge in [-0.05, 0) is 92.5 Å². The van der Waals surface area contributed by atoms with Crippen molar-refractivity contribution in [1.82, 2.24) is 80.3 Å². The number of aliphatic hydroxyl groups is 4. The quantitative estimate of drug-likeness (QED) is 0.0400. The van der Waals surface area contributed by atoms with Crippen LogP contribution in [0.3, 0.4) is 0 Å². The molecular formula is C91H76F4N26O9. The Labute approximate surface area is 746 Å². The third kappa shape index (κ3) is 16.6. The molecule has 4 saturated heterocycles. The minimum absolute atomic E-state index is 0.0137. The van der Waals surface area contributed by atoms with E-state index < -0.39 is 84.5 Å². The van der Waals surface area contributed by atoms with Crippen LogP contribution in [0, 0.1) is 81.7 Å². The van der Waals surface area contributed by atoms with Crippen molar-refractivity contribution in [3.05, 3.63) is 260 Å². The number of methoxy groups -OCH3 is 1. The number of pyridine rings is 4. The Balaban J connectivity index is 0.000000126. The van der Waals surface area contributed by atoms with Crippen LogP contribution in [0.25, 0.3) is 77.5 Å². The number of carbonyl (C=O) groups is 4. The van der Waals surface area contributed by atoms with Crippen LogP contribution in [0.1, 0.15) is 127 Å². The Morgan fingerprint density at radius 2 is 0.738 bits per heavy atom. The van der Waals surface area contributed by atoms with Crippen LogP contribution >= 0.6 is 0 Å². The number of benzene rings is 4. The van der Waals surface area contributed by atoms with Crippen LogP contribution in [0.4, 0.5) is 40.8 Å². The fourth-order valence-electron chi connectivity index (χ4n) is 16.5. The van der Waals surface area contributed by atoms with Crippen molar-refractivity contribution in [2.45, 2.75) is 101 Å². The number of fused-ring (bicyclic) bond motifs is 4. The predicted molar refractivity (Wildman–Crippen MR) is 458 cm³/mol. The van der Waals surface area contributed by atoms with E-state index in [0.717, 1.165) is 17.7 Å². The SMILES string of the molecule is CO[C@@H]1CN(c2ccn(-c3cc(-c4c(F)cccc4C#N)nc4c3C(=O)NC4)n2)CC[C@H]1O.[2H]C1([2H])N(c2ccn(-c3cc(-c4c(F)cccc4C#N)nc4c3C(=O)NC4)n2)C([2H])([2H])C(C)(O)C1([2H])[2H].[C-]#[N+][C@@H]1CCN(c2ccn(-c3cc(-c4c(F)cccc4C#N)nc4c3C(=O)NC4)n2)C[C@H]1O.[C-]#[N+][C@H]1CCN(c2ccn(-c3cc(-c4c(F)cccc4C#N)nc4c3C(=O)NC4)n2)C[C@@H]1O. The van der Waals surface area contributed by atoms with Crippen molar-refractivity contribution in [3.8, 4) is 92.1 Å². The van der Waals surface area contributed by atoms with Gasteiger partial charge in [-0.3, -0.25) is 19.2 Å². The lowest BCUT2D eigenvalue weighted by Gasteiger charge is -2.35. The Morgan fingerprint density at radius 1 is 0.446 bits per heavy atom. The number of amides is 4. The van der Waals surface area contributed by atoms with E-state index in [1.807, 2.05) is 45.0 Å². The zero-order chi connectivity index (χ0) is 96.5. The highest BCUT2D eigenvalue weighted by atomic mass is 19.1. The predicted octanol–water partition coefficient (Wildman–Crippen LogP) is 8.02. The van der Waals surface area contributed by atoms with Gasteiger partial charge in [0.25, 0.3) is 35.7 Å². The summed E-state index contributed by atoms with van der Waals surface area (Å²) in [4.78, 5) is 81.1. The molecule has 39 heteroatoms. The van der Waals surface area contributed by atoms with E-state index in [1.54, 1.807) is 60.7 Å². The van der Waals surface area contributed by atoms with Crippen LogP contribution in [-0.4, -0.2) is 205 Å². The number of aromatic nitrogens is 12. The molecule has 8 aliphatic heterocycles. The third-order valence-corrected chi connectivity index (χ3v) is 22.9. The molecular weight excluding hydrogens is 1680 g/mol. The van der Waals surface area contributed by atoms with Gasteiger partial charge in [0.05, 0.1) is 213 Å². The Kier molecular flexibility index (Phi) is 21.6. The third-order valence-electron chi connectivity index (χ3n) is 22.9. The van der Waals surface area contributed by atoms with Gasteiger partial charge < -0.3 is 75.7 Å². The zero-order valence-corrected chi connectivity index (χ0v) is 68.7. The maximum atomic E-state index is 14.8. The van der Waals surface area contributed by atoms with Gasteiger partial charge in [0.1, 0.15) is 41.6 Å².